The number of allylic oxidation sites excluding steroid dienone is 2. The number of amides is 1. The van der Waals surface area contributed by atoms with Crippen LogP contribution in [0.4, 0.5) is 4.79 Å². The fraction of sp³-hybridized carbons (Fsp3) is 0.757. The molecule has 2 aliphatic heterocycles. The summed E-state index contributed by atoms with van der Waals surface area (Å²) >= 11 is 0. The molecule has 2 aliphatic rings. The van der Waals surface area contributed by atoms with Gasteiger partial charge in [-0.3, -0.25) is 9.59 Å². The number of carbonyl (C=O) groups excluding carboxylic acids is 2. The second-order valence-electron chi connectivity index (χ2n) is 14.4. The van der Waals surface area contributed by atoms with Gasteiger partial charge in [-0.25, -0.2) is 4.79 Å². The lowest BCUT2D eigenvalue weighted by molar-refractivity contribution is -0.151. The van der Waals surface area contributed by atoms with E-state index in [1.807, 2.05) is 33.8 Å². The number of nitrogens with zero attached hydrogens (tertiary/aromatic N) is 1. The lowest BCUT2D eigenvalue weighted by atomic mass is 9.88. The summed E-state index contributed by atoms with van der Waals surface area (Å²) in [4.78, 5) is 39.0. The second-order valence-corrected chi connectivity index (χ2v) is 14.4. The summed E-state index contributed by atoms with van der Waals surface area (Å²) in [7, 11) is 1.51. The van der Waals surface area contributed by atoms with E-state index in [0.717, 1.165) is 0 Å². The van der Waals surface area contributed by atoms with E-state index in [0.29, 0.717) is 44.5 Å². The topological polar surface area (TPSA) is 184 Å². The standard InChI is InChI=1S/C37H62N2O11/c1-9-30(41)27(5)48-26(4)22-36(6,46)17-10-11-24(2)34-25(3)12-14-31(37(7,47-8)18-16-29(40)21-33(44)50-34)49-35(45)39-20-19-38-28(23-39)13-15-32(42)43/h10-12,14,17,25-31,34,38,40-41,46H,9,13,15-16,18-23H2,1-8H3,(H,42,43)/b14-12+,17-10+,24-11+/t25-,26-,27+,28?,29+,30-,31-,34+,36-,37+/m0/s1. The van der Waals surface area contributed by atoms with E-state index in [9.17, 15) is 29.7 Å². The second kappa shape index (κ2) is 20.3. The lowest BCUT2D eigenvalue weighted by Crippen LogP contribution is -2.54. The van der Waals surface area contributed by atoms with Crippen LogP contribution in [0.15, 0.2) is 36.0 Å². The van der Waals surface area contributed by atoms with Crippen LogP contribution < -0.4 is 5.32 Å². The molecule has 286 valence electrons. The summed E-state index contributed by atoms with van der Waals surface area (Å²) in [6.45, 7) is 13.9. The Balaban J connectivity index is 2.28. The number of piperazine rings is 1. The molecule has 0 aromatic rings. The number of carbonyl (C=O) groups is 3. The van der Waals surface area contributed by atoms with E-state index in [1.165, 1.54) is 7.11 Å². The maximum atomic E-state index is 13.4. The number of carboxylic acids is 1. The van der Waals surface area contributed by atoms with Crippen LogP contribution in [0.25, 0.3) is 0 Å². The molecule has 0 aromatic heterocycles. The molecule has 1 fully saturated rings. The Morgan fingerprint density at radius 3 is 2.62 bits per heavy atom. The molecule has 0 aromatic carbocycles. The maximum absolute atomic E-state index is 13.4. The van der Waals surface area contributed by atoms with Crippen molar-refractivity contribution in [2.75, 3.05) is 26.7 Å². The Morgan fingerprint density at radius 2 is 1.98 bits per heavy atom. The van der Waals surface area contributed by atoms with Gasteiger partial charge in [0.05, 0.1) is 36.4 Å². The van der Waals surface area contributed by atoms with Crippen LogP contribution in [-0.4, -0.2) is 124 Å². The van der Waals surface area contributed by atoms with Crippen LogP contribution >= 0.6 is 0 Å². The van der Waals surface area contributed by atoms with Crippen molar-refractivity contribution in [3.05, 3.63) is 36.0 Å². The molecule has 0 bridgehead atoms. The number of carboxylic acid groups (broad SMARTS) is 1. The first-order chi connectivity index (χ1) is 23.4. The number of rotatable bonds is 14. The van der Waals surface area contributed by atoms with Crippen molar-refractivity contribution in [2.24, 2.45) is 5.92 Å². The number of nitrogens with one attached hydrogen (secondary N) is 1. The van der Waals surface area contributed by atoms with Gasteiger partial charge in [-0.1, -0.05) is 38.2 Å². The van der Waals surface area contributed by atoms with Gasteiger partial charge in [0.25, 0.3) is 0 Å². The van der Waals surface area contributed by atoms with Crippen molar-refractivity contribution < 1.29 is 53.8 Å². The van der Waals surface area contributed by atoms with Crippen LogP contribution in [0, 0.1) is 5.92 Å². The first-order valence-electron chi connectivity index (χ1n) is 17.8. The van der Waals surface area contributed by atoms with Gasteiger partial charge in [-0.2, -0.15) is 0 Å². The van der Waals surface area contributed by atoms with Gasteiger partial charge < -0.3 is 49.6 Å². The van der Waals surface area contributed by atoms with E-state index in [2.05, 4.69) is 5.32 Å². The molecule has 1 unspecified atom stereocenters. The van der Waals surface area contributed by atoms with Crippen LogP contribution in [0.5, 0.6) is 0 Å². The molecule has 0 spiro atoms. The summed E-state index contributed by atoms with van der Waals surface area (Å²) in [5.41, 5.74) is -1.56. The molecule has 50 heavy (non-hydrogen) atoms. The summed E-state index contributed by atoms with van der Waals surface area (Å²) in [5.74, 6) is -1.84. The number of aliphatic hydroxyl groups is 3. The monoisotopic (exact) mass is 710 g/mol. The van der Waals surface area contributed by atoms with Gasteiger partial charge in [-0.05, 0) is 72.0 Å². The highest BCUT2D eigenvalue weighted by atomic mass is 16.6. The summed E-state index contributed by atoms with van der Waals surface area (Å²) in [6.07, 6.45) is 5.70. The molecule has 13 heteroatoms. The minimum Gasteiger partial charge on any atom is -0.481 e. The van der Waals surface area contributed by atoms with Crippen LogP contribution in [0.3, 0.4) is 0 Å². The van der Waals surface area contributed by atoms with Crippen molar-refractivity contribution in [1.29, 1.82) is 0 Å². The van der Waals surface area contributed by atoms with Crippen molar-refractivity contribution in [2.45, 2.75) is 147 Å². The molecule has 10 atom stereocenters. The largest absolute Gasteiger partial charge is 0.481 e. The number of cyclic esters (lactones) is 1. The van der Waals surface area contributed by atoms with Gasteiger partial charge >= 0.3 is 18.0 Å². The fourth-order valence-electron chi connectivity index (χ4n) is 6.31. The minimum absolute atomic E-state index is 0.0129. The Kier molecular flexibility index (Phi) is 17.6. The molecule has 1 saturated heterocycles. The fourth-order valence-corrected chi connectivity index (χ4v) is 6.31. The number of hydrogen-bond acceptors (Lipinski definition) is 11. The third-order valence-corrected chi connectivity index (χ3v) is 9.59. The maximum Gasteiger partial charge on any atom is 0.410 e. The molecular formula is C37H62N2O11. The van der Waals surface area contributed by atoms with Crippen molar-refractivity contribution in [1.82, 2.24) is 10.2 Å². The quantitative estimate of drug-likeness (QED) is 0.0997. The highest BCUT2D eigenvalue weighted by Gasteiger charge is 2.39. The normalized spacial score (nSPS) is 31.0. The highest BCUT2D eigenvalue weighted by Crippen LogP contribution is 2.30. The van der Waals surface area contributed by atoms with E-state index in [-0.39, 0.29) is 49.9 Å². The van der Waals surface area contributed by atoms with E-state index in [1.54, 1.807) is 50.0 Å². The number of esters is 1. The van der Waals surface area contributed by atoms with E-state index >= 15 is 0 Å². The first kappa shape index (κ1) is 43.4. The molecule has 0 aliphatic carbocycles. The summed E-state index contributed by atoms with van der Waals surface area (Å²) < 4.78 is 23.7. The van der Waals surface area contributed by atoms with Crippen LogP contribution in [0.1, 0.15) is 93.4 Å². The predicted octanol–water partition coefficient (Wildman–Crippen LogP) is 3.89. The number of hydrogen-bond donors (Lipinski definition) is 5. The van der Waals surface area contributed by atoms with Gasteiger partial charge in [0.15, 0.2) is 6.10 Å². The van der Waals surface area contributed by atoms with E-state index in [4.69, 9.17) is 24.1 Å². The molecule has 2 heterocycles. The zero-order valence-electron chi connectivity index (χ0n) is 31.2. The van der Waals surface area contributed by atoms with Gasteiger partial charge in [0.2, 0.25) is 0 Å². The molecule has 13 nitrogen and oxygen atoms in total. The van der Waals surface area contributed by atoms with Gasteiger partial charge in [-0.15, -0.1) is 0 Å². The lowest BCUT2D eigenvalue weighted by Gasteiger charge is -2.38. The number of aliphatic carboxylic acids is 1. The van der Waals surface area contributed by atoms with Gasteiger partial charge in [0.1, 0.15) is 11.7 Å². The summed E-state index contributed by atoms with van der Waals surface area (Å²) in [6, 6.07) is -0.175. The zero-order chi connectivity index (χ0) is 37.6. The van der Waals surface area contributed by atoms with Gasteiger partial charge in [0, 0.05) is 51.5 Å². The average molecular weight is 711 g/mol. The zero-order valence-corrected chi connectivity index (χ0v) is 31.2. The minimum atomic E-state index is -1.21. The molecule has 1 amide bonds. The first-order valence-corrected chi connectivity index (χ1v) is 17.8. The molecule has 2 rings (SSSR count). The highest BCUT2D eigenvalue weighted by molar-refractivity contribution is 5.70. The molecule has 0 radical (unpaired) electrons. The molecule has 0 saturated carbocycles. The van der Waals surface area contributed by atoms with Crippen molar-refractivity contribution >= 4 is 18.0 Å². The molecular weight excluding hydrogens is 648 g/mol. The third kappa shape index (κ3) is 14.4. The number of aliphatic hydroxyl groups excluding tert-OH is 2. The Bertz CT molecular complexity index is 1190. The SMILES string of the molecule is CC[C@H](O)[C@@H](C)O[C@@H](C)C[C@@](C)(O)/C=C/C=C(\C)[C@H]1OC(=O)C[C@H](O)CC[C@@](C)(OC)[C@@H](OC(=O)N2CCNC(CCC(=O)O)C2)/C=C/[C@@H]1C. The van der Waals surface area contributed by atoms with Crippen LogP contribution in [-0.2, 0) is 28.5 Å². The third-order valence-electron chi connectivity index (χ3n) is 9.59. The van der Waals surface area contributed by atoms with Crippen LogP contribution in [0.2, 0.25) is 0 Å². The van der Waals surface area contributed by atoms with E-state index < -0.39 is 53.6 Å². The smallest absolute Gasteiger partial charge is 0.410 e. The average Bonchev–Trinajstić information content (AvgIpc) is 3.05. The molecule has 5 N–H and O–H groups in total. The summed E-state index contributed by atoms with van der Waals surface area (Å²) in [5, 5.41) is 44.1. The number of ether oxygens (including phenoxy) is 4. The van der Waals surface area contributed by atoms with Crippen molar-refractivity contribution in [3.8, 4) is 0 Å². The Morgan fingerprint density at radius 1 is 1.28 bits per heavy atom. The van der Waals surface area contributed by atoms with Crippen molar-refractivity contribution in [3.63, 3.8) is 0 Å². The predicted molar refractivity (Wildman–Crippen MR) is 188 cm³/mol. The number of methoxy groups -OCH3 is 1. The Labute approximate surface area is 297 Å². The Hall–Kier alpha value is -2.81.